The molecule has 0 spiro atoms. The van der Waals surface area contributed by atoms with Gasteiger partial charge in [0, 0.05) is 26.2 Å². The van der Waals surface area contributed by atoms with Gasteiger partial charge in [-0.05, 0) is 55.8 Å². The lowest BCUT2D eigenvalue weighted by atomic mass is 10.00. The molecule has 0 aromatic rings. The summed E-state index contributed by atoms with van der Waals surface area (Å²) in [6.45, 7) is 1.88. The Morgan fingerprint density at radius 3 is 2.26 bits per heavy atom. The third-order valence-electron chi connectivity index (χ3n) is 5.11. The molecule has 6 heteroatoms. The van der Waals surface area contributed by atoms with E-state index in [1.165, 1.54) is 25.7 Å². The van der Waals surface area contributed by atoms with Gasteiger partial charge in [-0.1, -0.05) is 0 Å². The molecule has 0 bridgehead atoms. The van der Waals surface area contributed by atoms with Crippen LogP contribution in [0.4, 0.5) is 0 Å². The molecule has 0 aromatic carbocycles. The Hall–Kier alpha value is -0.170. The highest BCUT2D eigenvalue weighted by molar-refractivity contribution is 7.87. The Kier molecular flexibility index (Phi) is 3.62. The van der Waals surface area contributed by atoms with Crippen molar-refractivity contribution < 1.29 is 13.5 Å². The molecule has 1 aliphatic heterocycles. The van der Waals surface area contributed by atoms with E-state index >= 15 is 0 Å². The van der Waals surface area contributed by atoms with Crippen molar-refractivity contribution in [3.63, 3.8) is 0 Å². The standard InChI is InChI=1S/C13H24N2O3S/c16-9-11-3-7-15(8-4-11)19(17,18)14-10-13(5-6-13)12-1-2-12/h11-12,14,16H,1-10H2. The second-order valence-electron chi connectivity index (χ2n) is 6.49. The van der Waals surface area contributed by atoms with Crippen LogP contribution in [0.2, 0.25) is 0 Å². The molecule has 110 valence electrons. The van der Waals surface area contributed by atoms with Crippen molar-refractivity contribution in [2.75, 3.05) is 26.2 Å². The smallest absolute Gasteiger partial charge is 0.279 e. The van der Waals surface area contributed by atoms with Gasteiger partial charge < -0.3 is 5.11 Å². The van der Waals surface area contributed by atoms with Crippen molar-refractivity contribution in [1.29, 1.82) is 0 Å². The molecule has 2 aliphatic carbocycles. The van der Waals surface area contributed by atoms with Crippen LogP contribution in [-0.2, 0) is 10.2 Å². The number of hydrogen-bond acceptors (Lipinski definition) is 3. The largest absolute Gasteiger partial charge is 0.396 e. The molecular formula is C13H24N2O3S. The lowest BCUT2D eigenvalue weighted by molar-refractivity contribution is 0.169. The normalized spacial score (nSPS) is 28.5. The molecule has 0 atom stereocenters. The first-order valence-electron chi connectivity index (χ1n) is 7.41. The molecule has 2 N–H and O–H groups in total. The maximum absolute atomic E-state index is 12.3. The van der Waals surface area contributed by atoms with Gasteiger partial charge in [0.1, 0.15) is 0 Å². The van der Waals surface area contributed by atoms with Gasteiger partial charge in [0.2, 0.25) is 0 Å². The molecule has 0 aromatic heterocycles. The van der Waals surface area contributed by atoms with E-state index in [0.717, 1.165) is 18.8 Å². The van der Waals surface area contributed by atoms with Gasteiger partial charge in [0.05, 0.1) is 0 Å². The van der Waals surface area contributed by atoms with Crippen LogP contribution in [0.25, 0.3) is 0 Å². The molecule has 19 heavy (non-hydrogen) atoms. The molecule has 0 radical (unpaired) electrons. The fraction of sp³-hybridized carbons (Fsp3) is 1.00. The Morgan fingerprint density at radius 2 is 1.79 bits per heavy atom. The summed E-state index contributed by atoms with van der Waals surface area (Å²) in [4.78, 5) is 0. The second-order valence-corrected chi connectivity index (χ2v) is 8.24. The van der Waals surface area contributed by atoms with Gasteiger partial charge in [-0.2, -0.15) is 12.7 Å². The van der Waals surface area contributed by atoms with Crippen molar-refractivity contribution in [3.05, 3.63) is 0 Å². The molecule has 1 heterocycles. The van der Waals surface area contributed by atoms with Crippen molar-refractivity contribution in [2.24, 2.45) is 17.3 Å². The Bertz CT molecular complexity index is 421. The summed E-state index contributed by atoms with van der Waals surface area (Å²) in [7, 11) is -3.31. The number of rotatable bonds is 6. The van der Waals surface area contributed by atoms with E-state index in [1.807, 2.05) is 0 Å². The van der Waals surface area contributed by atoms with Crippen LogP contribution in [0.5, 0.6) is 0 Å². The summed E-state index contributed by atoms with van der Waals surface area (Å²) in [6, 6.07) is 0. The minimum absolute atomic E-state index is 0.173. The van der Waals surface area contributed by atoms with Crippen molar-refractivity contribution in [3.8, 4) is 0 Å². The predicted octanol–water partition coefficient (Wildman–Crippen LogP) is 0.715. The fourth-order valence-corrected chi connectivity index (χ4v) is 4.59. The number of piperidine rings is 1. The summed E-state index contributed by atoms with van der Waals surface area (Å²) in [5, 5.41) is 9.08. The third-order valence-corrected chi connectivity index (χ3v) is 6.67. The predicted molar refractivity (Wildman–Crippen MR) is 72.7 cm³/mol. The number of hydrogen-bond donors (Lipinski definition) is 2. The molecule has 0 unspecified atom stereocenters. The summed E-state index contributed by atoms with van der Waals surface area (Å²) >= 11 is 0. The highest BCUT2D eigenvalue weighted by atomic mass is 32.2. The van der Waals surface area contributed by atoms with E-state index in [4.69, 9.17) is 5.11 Å². The zero-order valence-electron chi connectivity index (χ0n) is 11.3. The Morgan fingerprint density at radius 1 is 1.16 bits per heavy atom. The van der Waals surface area contributed by atoms with Crippen LogP contribution in [-0.4, -0.2) is 44.1 Å². The van der Waals surface area contributed by atoms with E-state index in [1.54, 1.807) is 4.31 Å². The molecular weight excluding hydrogens is 264 g/mol. The summed E-state index contributed by atoms with van der Waals surface area (Å²) in [5.41, 5.74) is 0.302. The first-order valence-corrected chi connectivity index (χ1v) is 8.85. The second kappa shape index (κ2) is 4.98. The summed E-state index contributed by atoms with van der Waals surface area (Å²) in [5.74, 6) is 1.04. The highest BCUT2D eigenvalue weighted by Crippen LogP contribution is 2.60. The van der Waals surface area contributed by atoms with Crippen molar-refractivity contribution in [1.82, 2.24) is 9.03 Å². The Balaban J connectivity index is 1.52. The van der Waals surface area contributed by atoms with Crippen LogP contribution in [0.15, 0.2) is 0 Å². The first-order chi connectivity index (χ1) is 9.06. The number of aliphatic hydroxyl groups is 1. The van der Waals surface area contributed by atoms with Crippen LogP contribution < -0.4 is 4.72 Å². The van der Waals surface area contributed by atoms with Crippen LogP contribution in [0, 0.1) is 17.3 Å². The van der Waals surface area contributed by atoms with E-state index in [9.17, 15) is 8.42 Å². The van der Waals surface area contributed by atoms with Gasteiger partial charge in [0.15, 0.2) is 0 Å². The average molecular weight is 288 g/mol. The molecule has 1 saturated heterocycles. The number of nitrogens with zero attached hydrogens (tertiary/aromatic N) is 1. The molecule has 3 rings (SSSR count). The lowest BCUT2D eigenvalue weighted by Crippen LogP contribution is -2.46. The van der Waals surface area contributed by atoms with E-state index in [2.05, 4.69) is 4.72 Å². The van der Waals surface area contributed by atoms with E-state index in [-0.39, 0.29) is 12.5 Å². The van der Waals surface area contributed by atoms with E-state index in [0.29, 0.717) is 25.0 Å². The molecule has 5 nitrogen and oxygen atoms in total. The quantitative estimate of drug-likeness (QED) is 0.756. The first kappa shape index (κ1) is 13.8. The lowest BCUT2D eigenvalue weighted by Gasteiger charge is -2.30. The molecule has 0 amide bonds. The minimum Gasteiger partial charge on any atom is -0.396 e. The van der Waals surface area contributed by atoms with Crippen LogP contribution in [0.3, 0.4) is 0 Å². The summed E-state index contributed by atoms with van der Waals surface area (Å²) in [6.07, 6.45) is 6.48. The van der Waals surface area contributed by atoms with Crippen LogP contribution in [0.1, 0.15) is 38.5 Å². The third kappa shape index (κ3) is 2.96. The SMILES string of the molecule is O=S(=O)(NCC1(C2CC2)CC1)N1CCC(CO)CC1. The maximum atomic E-state index is 12.3. The monoisotopic (exact) mass is 288 g/mol. The highest BCUT2D eigenvalue weighted by Gasteiger charge is 2.53. The summed E-state index contributed by atoms with van der Waals surface area (Å²) < 4.78 is 28.9. The van der Waals surface area contributed by atoms with E-state index < -0.39 is 10.2 Å². The maximum Gasteiger partial charge on any atom is 0.279 e. The van der Waals surface area contributed by atoms with Crippen molar-refractivity contribution >= 4 is 10.2 Å². The minimum atomic E-state index is -3.31. The Labute approximate surface area is 115 Å². The van der Waals surface area contributed by atoms with Gasteiger partial charge in [-0.3, -0.25) is 0 Å². The topological polar surface area (TPSA) is 69.6 Å². The van der Waals surface area contributed by atoms with Gasteiger partial charge in [-0.25, -0.2) is 4.72 Å². The van der Waals surface area contributed by atoms with Gasteiger partial charge >= 0.3 is 0 Å². The zero-order valence-corrected chi connectivity index (χ0v) is 12.2. The molecule has 2 saturated carbocycles. The molecule has 3 fully saturated rings. The fourth-order valence-electron chi connectivity index (χ4n) is 3.24. The average Bonchev–Trinajstić information content (AvgIpc) is 3.29. The van der Waals surface area contributed by atoms with Gasteiger partial charge in [-0.15, -0.1) is 0 Å². The zero-order chi connectivity index (χ0) is 13.5. The molecule has 3 aliphatic rings. The van der Waals surface area contributed by atoms with Crippen LogP contribution >= 0.6 is 0 Å². The van der Waals surface area contributed by atoms with Gasteiger partial charge in [0.25, 0.3) is 10.2 Å². The van der Waals surface area contributed by atoms with Crippen molar-refractivity contribution in [2.45, 2.75) is 38.5 Å². The number of nitrogens with one attached hydrogen (secondary N) is 1. The number of aliphatic hydroxyl groups excluding tert-OH is 1.